The molecule has 0 aromatic heterocycles. The van der Waals surface area contributed by atoms with Crippen LogP contribution in [0.25, 0.3) is 0 Å². The third-order valence-electron chi connectivity index (χ3n) is 1.26. The van der Waals surface area contributed by atoms with Crippen LogP contribution in [-0.4, -0.2) is 6.21 Å². The summed E-state index contributed by atoms with van der Waals surface area (Å²) in [5, 5.41) is 0. The largest absolute Gasteiger partial charge is 0.275 e. The zero-order chi connectivity index (χ0) is 6.10. The van der Waals surface area contributed by atoms with Gasteiger partial charge in [0.2, 0.25) is 0 Å². The van der Waals surface area contributed by atoms with Crippen molar-refractivity contribution in [3.63, 3.8) is 0 Å². The predicted molar refractivity (Wildman–Crippen MR) is 39.6 cm³/mol. The van der Waals surface area contributed by atoms with Crippen molar-refractivity contribution in [1.29, 1.82) is 0 Å². The average molecular weight is 135 g/mol. The van der Waals surface area contributed by atoms with Crippen molar-refractivity contribution in [3.05, 3.63) is 29.8 Å². The van der Waals surface area contributed by atoms with Gasteiger partial charge in [0.1, 0.15) is 4.40 Å². The van der Waals surface area contributed by atoms with E-state index < -0.39 is 0 Å². The molecule has 0 atom stereocenters. The van der Waals surface area contributed by atoms with E-state index in [0.717, 1.165) is 0 Å². The molecule has 0 spiro atoms. The Labute approximate surface area is 57.9 Å². The van der Waals surface area contributed by atoms with Gasteiger partial charge in [0.25, 0.3) is 18.2 Å². The molecular formula is C7H5NS+. The van der Waals surface area contributed by atoms with E-state index in [1.807, 2.05) is 18.3 Å². The summed E-state index contributed by atoms with van der Waals surface area (Å²) in [5.74, 6) is 0. The van der Waals surface area contributed by atoms with Gasteiger partial charge >= 0.3 is 0 Å². The Hall–Kier alpha value is -0.760. The molecule has 1 radical (unpaired) electrons. The van der Waals surface area contributed by atoms with Gasteiger partial charge in [-0.25, -0.2) is 0 Å². The van der Waals surface area contributed by atoms with Gasteiger partial charge in [-0.15, -0.1) is 0 Å². The second-order valence-corrected chi connectivity index (χ2v) is 2.70. The van der Waals surface area contributed by atoms with Crippen molar-refractivity contribution >= 4 is 18.2 Å². The van der Waals surface area contributed by atoms with Crippen molar-refractivity contribution in [2.75, 3.05) is 0 Å². The Kier molecular flexibility index (Phi) is 1.06. The number of fused-ring (bicyclic) bond motifs is 1. The third-order valence-corrected chi connectivity index (χ3v) is 2.04. The molecule has 2 rings (SSSR count). The van der Waals surface area contributed by atoms with Crippen molar-refractivity contribution < 1.29 is 0 Å². The highest BCUT2D eigenvalue weighted by Gasteiger charge is 2.16. The highest BCUT2D eigenvalue weighted by atomic mass is 32.2. The maximum absolute atomic E-state index is 4.04. The van der Waals surface area contributed by atoms with Crippen LogP contribution < -0.4 is 4.40 Å². The minimum absolute atomic E-state index is 1.24. The molecule has 9 heavy (non-hydrogen) atoms. The van der Waals surface area contributed by atoms with Crippen LogP contribution in [0, 0.1) is 0 Å². The summed E-state index contributed by atoms with van der Waals surface area (Å²) >= 11 is 1.54. The van der Waals surface area contributed by atoms with Gasteiger partial charge in [-0.2, -0.15) is 0 Å². The lowest BCUT2D eigenvalue weighted by Crippen LogP contribution is -1.76. The molecule has 0 saturated carbocycles. The first-order valence-electron chi connectivity index (χ1n) is 2.76. The molecule has 0 bridgehead atoms. The van der Waals surface area contributed by atoms with E-state index in [1.54, 1.807) is 0 Å². The Balaban J connectivity index is 2.63. The second kappa shape index (κ2) is 1.88. The van der Waals surface area contributed by atoms with Gasteiger partial charge in [0.05, 0.1) is 10.5 Å². The summed E-state index contributed by atoms with van der Waals surface area (Å²) in [6.45, 7) is 0. The molecule has 0 aliphatic carbocycles. The van der Waals surface area contributed by atoms with Gasteiger partial charge in [0, 0.05) is 0 Å². The van der Waals surface area contributed by atoms with Crippen LogP contribution in [0.1, 0.15) is 5.56 Å². The fraction of sp³-hybridized carbons (Fsp3) is 0. The number of hydrogen-bond acceptors (Lipinski definition) is 2. The molecule has 1 nitrogen and oxygen atoms in total. The van der Waals surface area contributed by atoms with Gasteiger partial charge in [-0.3, -0.25) is 0 Å². The zero-order valence-corrected chi connectivity index (χ0v) is 5.56. The molecule has 0 unspecified atom stereocenters. The third kappa shape index (κ3) is 0.754. The topological polar surface area (TPSA) is 14.1 Å². The lowest BCUT2D eigenvalue weighted by atomic mass is 10.2. The normalized spacial score (nSPS) is 13.8. The summed E-state index contributed by atoms with van der Waals surface area (Å²) in [6.07, 6.45) is 1.89. The summed E-state index contributed by atoms with van der Waals surface area (Å²) in [7, 11) is 0. The van der Waals surface area contributed by atoms with E-state index in [-0.39, 0.29) is 0 Å². The van der Waals surface area contributed by atoms with Crippen LogP contribution in [0.3, 0.4) is 0 Å². The first-order chi connectivity index (χ1) is 4.47. The quantitative estimate of drug-likeness (QED) is 0.491. The molecule has 0 saturated heterocycles. The molecule has 1 aromatic carbocycles. The van der Waals surface area contributed by atoms with Crippen molar-refractivity contribution in [2.45, 2.75) is 4.90 Å². The molecule has 0 amide bonds. The average Bonchev–Trinajstić information content (AvgIpc) is 2.33. The lowest BCUT2D eigenvalue weighted by molar-refractivity contribution is 1.46. The Bertz CT molecular complexity index is 255. The van der Waals surface area contributed by atoms with Gasteiger partial charge < -0.3 is 0 Å². The molecule has 0 fully saturated rings. The van der Waals surface area contributed by atoms with E-state index in [4.69, 9.17) is 0 Å². The van der Waals surface area contributed by atoms with E-state index in [2.05, 4.69) is 16.5 Å². The van der Waals surface area contributed by atoms with Crippen LogP contribution in [0.15, 0.2) is 29.2 Å². The molecule has 1 heterocycles. The van der Waals surface area contributed by atoms with Crippen molar-refractivity contribution in [1.82, 2.24) is 4.40 Å². The second-order valence-electron chi connectivity index (χ2n) is 1.86. The van der Waals surface area contributed by atoms with Crippen LogP contribution >= 0.6 is 11.9 Å². The minimum atomic E-state index is 1.24. The van der Waals surface area contributed by atoms with E-state index in [1.165, 1.54) is 22.4 Å². The number of nitrogens with zero attached hydrogens (tertiary/aromatic N) is 1. The van der Waals surface area contributed by atoms with E-state index in [9.17, 15) is 0 Å². The minimum Gasteiger partial charge on any atom is -0.0614 e. The summed E-state index contributed by atoms with van der Waals surface area (Å²) in [5.41, 5.74) is 1.24. The Morgan fingerprint density at radius 1 is 1.22 bits per heavy atom. The number of rotatable bonds is 0. The van der Waals surface area contributed by atoms with Crippen molar-refractivity contribution in [3.8, 4) is 0 Å². The lowest BCUT2D eigenvalue weighted by Gasteiger charge is -1.83. The fourth-order valence-corrected chi connectivity index (χ4v) is 1.46. The molecule has 1 aromatic rings. The first-order valence-corrected chi connectivity index (χ1v) is 3.53. The summed E-state index contributed by atoms with van der Waals surface area (Å²) in [6, 6.07) is 8.20. The molecule has 0 N–H and O–H groups in total. The highest BCUT2D eigenvalue weighted by Crippen LogP contribution is 2.21. The fourth-order valence-electron chi connectivity index (χ4n) is 0.810. The van der Waals surface area contributed by atoms with E-state index in [0.29, 0.717) is 0 Å². The molecule has 2 heteroatoms. The number of benzene rings is 1. The van der Waals surface area contributed by atoms with Crippen molar-refractivity contribution in [2.24, 2.45) is 0 Å². The first kappa shape index (κ1) is 5.06. The molecule has 43 valence electrons. The zero-order valence-electron chi connectivity index (χ0n) is 4.74. The Morgan fingerprint density at radius 2 is 2.11 bits per heavy atom. The molecular weight excluding hydrogens is 130 g/mol. The maximum Gasteiger partial charge on any atom is 0.275 e. The van der Waals surface area contributed by atoms with Crippen LogP contribution in [0.5, 0.6) is 0 Å². The standard InChI is InChI=1S/C7H5NS/c1-2-4-7-6(3-1)5-8-9-7/h1-5H/q+1. The smallest absolute Gasteiger partial charge is 0.0614 e. The molecule has 1 aliphatic rings. The van der Waals surface area contributed by atoms with Gasteiger partial charge in [-0.1, -0.05) is 12.1 Å². The van der Waals surface area contributed by atoms with Crippen LogP contribution in [-0.2, 0) is 0 Å². The van der Waals surface area contributed by atoms with Crippen LogP contribution in [0.2, 0.25) is 0 Å². The van der Waals surface area contributed by atoms with E-state index >= 15 is 0 Å². The van der Waals surface area contributed by atoms with Crippen LogP contribution in [0.4, 0.5) is 0 Å². The predicted octanol–water partition coefficient (Wildman–Crippen LogP) is 1.46. The van der Waals surface area contributed by atoms with Gasteiger partial charge in [0.15, 0.2) is 0 Å². The Morgan fingerprint density at radius 3 is 3.00 bits per heavy atom. The maximum atomic E-state index is 4.04. The highest BCUT2D eigenvalue weighted by molar-refractivity contribution is 7.97. The summed E-state index contributed by atoms with van der Waals surface area (Å²) < 4.78 is 4.04. The number of hydrogen-bond donors (Lipinski definition) is 0. The molecule has 1 aliphatic heterocycles. The summed E-state index contributed by atoms with van der Waals surface area (Å²) in [4.78, 5) is 1.26. The monoisotopic (exact) mass is 135 g/mol. The SMILES string of the molecule is C1=[N+]Sc2ccccc21. The van der Waals surface area contributed by atoms with Gasteiger partial charge in [-0.05, 0) is 12.1 Å².